The SMILES string of the molecule is COc1cccc(/C=C/C(=O)OCC(=O)N(c2ccccc2)C(C)C)c1OC(F)F. The number of alkyl halides is 2. The number of halogens is 2. The number of amides is 1. The van der Waals surface area contributed by atoms with E-state index in [0.29, 0.717) is 5.69 Å². The van der Waals surface area contributed by atoms with Gasteiger partial charge in [0.2, 0.25) is 0 Å². The Morgan fingerprint density at radius 2 is 1.77 bits per heavy atom. The van der Waals surface area contributed by atoms with E-state index >= 15 is 0 Å². The highest BCUT2D eigenvalue weighted by Crippen LogP contribution is 2.33. The molecular weight excluding hydrogens is 396 g/mol. The molecule has 2 aromatic carbocycles. The number of hydrogen-bond acceptors (Lipinski definition) is 5. The quantitative estimate of drug-likeness (QED) is 0.448. The smallest absolute Gasteiger partial charge is 0.387 e. The molecular formula is C22H23F2NO5. The standard InChI is InChI=1S/C22H23F2NO5/c1-15(2)25(17-9-5-4-6-10-17)19(26)14-29-20(27)13-12-16-8-7-11-18(28-3)21(16)30-22(23)24/h4-13,15,22H,14H2,1-3H3/b13-12+. The largest absolute Gasteiger partial charge is 0.493 e. The Kier molecular flexibility index (Phi) is 8.34. The molecule has 0 fully saturated rings. The predicted octanol–water partition coefficient (Wildman–Crippen LogP) is 4.29. The molecule has 0 saturated heterocycles. The van der Waals surface area contributed by atoms with E-state index < -0.39 is 19.2 Å². The van der Waals surface area contributed by atoms with Gasteiger partial charge in [-0.3, -0.25) is 4.79 Å². The van der Waals surface area contributed by atoms with Gasteiger partial charge in [0.25, 0.3) is 5.91 Å². The number of rotatable bonds is 9. The summed E-state index contributed by atoms with van der Waals surface area (Å²) in [5.41, 5.74) is 0.889. The van der Waals surface area contributed by atoms with Crippen LogP contribution in [0, 0.1) is 0 Å². The van der Waals surface area contributed by atoms with E-state index in [-0.39, 0.29) is 29.0 Å². The van der Waals surface area contributed by atoms with Crippen molar-refractivity contribution >= 4 is 23.6 Å². The molecule has 0 aromatic heterocycles. The van der Waals surface area contributed by atoms with E-state index in [1.54, 1.807) is 30.3 Å². The lowest BCUT2D eigenvalue weighted by Gasteiger charge is -2.26. The zero-order valence-corrected chi connectivity index (χ0v) is 16.9. The molecule has 30 heavy (non-hydrogen) atoms. The summed E-state index contributed by atoms with van der Waals surface area (Å²) in [5.74, 6) is -1.30. The van der Waals surface area contributed by atoms with Gasteiger partial charge in [-0.2, -0.15) is 8.78 Å². The third-order valence-electron chi connectivity index (χ3n) is 3.99. The Morgan fingerprint density at radius 3 is 2.37 bits per heavy atom. The maximum absolute atomic E-state index is 12.7. The molecule has 1 amide bonds. The minimum atomic E-state index is -3.06. The third kappa shape index (κ3) is 6.30. The molecule has 8 heteroatoms. The average molecular weight is 419 g/mol. The van der Waals surface area contributed by atoms with Gasteiger partial charge in [0.1, 0.15) is 0 Å². The zero-order chi connectivity index (χ0) is 22.1. The number of carbonyl (C=O) groups is 2. The van der Waals surface area contributed by atoms with Crippen LogP contribution in [0.3, 0.4) is 0 Å². The maximum Gasteiger partial charge on any atom is 0.387 e. The van der Waals surface area contributed by atoms with Gasteiger partial charge < -0.3 is 19.1 Å². The van der Waals surface area contributed by atoms with Crippen LogP contribution in [0.1, 0.15) is 19.4 Å². The van der Waals surface area contributed by atoms with E-state index in [4.69, 9.17) is 9.47 Å². The van der Waals surface area contributed by atoms with E-state index in [9.17, 15) is 18.4 Å². The summed E-state index contributed by atoms with van der Waals surface area (Å²) in [6.45, 7) is 0.173. The molecule has 160 valence electrons. The van der Waals surface area contributed by atoms with Crippen LogP contribution in [0.15, 0.2) is 54.6 Å². The van der Waals surface area contributed by atoms with Crippen molar-refractivity contribution in [3.63, 3.8) is 0 Å². The number of methoxy groups -OCH3 is 1. The van der Waals surface area contributed by atoms with Crippen molar-refractivity contribution in [1.29, 1.82) is 0 Å². The maximum atomic E-state index is 12.7. The fraction of sp³-hybridized carbons (Fsp3) is 0.273. The highest BCUT2D eigenvalue weighted by molar-refractivity contribution is 5.97. The average Bonchev–Trinajstić information content (AvgIpc) is 2.71. The second-order valence-electron chi connectivity index (χ2n) is 6.39. The van der Waals surface area contributed by atoms with E-state index in [2.05, 4.69) is 4.74 Å². The van der Waals surface area contributed by atoms with Crippen LogP contribution in [0.5, 0.6) is 11.5 Å². The monoisotopic (exact) mass is 419 g/mol. The molecule has 0 aliphatic heterocycles. The Bertz CT molecular complexity index is 884. The van der Waals surface area contributed by atoms with Crippen LogP contribution in [-0.4, -0.2) is 38.2 Å². The van der Waals surface area contributed by atoms with Crippen molar-refractivity contribution in [3.05, 3.63) is 60.2 Å². The second kappa shape index (κ2) is 10.9. The van der Waals surface area contributed by atoms with Crippen molar-refractivity contribution < 1.29 is 32.6 Å². The summed E-state index contributed by atoms with van der Waals surface area (Å²) >= 11 is 0. The molecule has 0 N–H and O–H groups in total. The van der Waals surface area contributed by atoms with E-state index in [0.717, 1.165) is 6.08 Å². The van der Waals surface area contributed by atoms with Crippen LogP contribution < -0.4 is 14.4 Å². The molecule has 0 aliphatic rings. The molecule has 0 atom stereocenters. The highest BCUT2D eigenvalue weighted by Gasteiger charge is 2.20. The fourth-order valence-electron chi connectivity index (χ4n) is 2.77. The van der Waals surface area contributed by atoms with Crippen LogP contribution in [0.25, 0.3) is 6.08 Å². The summed E-state index contributed by atoms with van der Waals surface area (Å²) in [5, 5.41) is 0. The van der Waals surface area contributed by atoms with Gasteiger partial charge in [-0.05, 0) is 38.1 Å². The number of para-hydroxylation sites is 2. The van der Waals surface area contributed by atoms with Crippen LogP contribution in [-0.2, 0) is 14.3 Å². The topological polar surface area (TPSA) is 65.1 Å². The summed E-state index contributed by atoms with van der Waals surface area (Å²) < 4.78 is 39.8. The van der Waals surface area contributed by atoms with E-state index in [1.807, 2.05) is 19.9 Å². The van der Waals surface area contributed by atoms with Crippen molar-refractivity contribution in [1.82, 2.24) is 0 Å². The Labute approximate surface area is 173 Å². The van der Waals surface area contributed by atoms with Gasteiger partial charge in [0, 0.05) is 23.4 Å². The minimum absolute atomic E-state index is 0.0939. The van der Waals surface area contributed by atoms with Crippen LogP contribution in [0.2, 0.25) is 0 Å². The summed E-state index contributed by atoms with van der Waals surface area (Å²) in [6, 6.07) is 13.4. The van der Waals surface area contributed by atoms with E-state index in [1.165, 1.54) is 30.2 Å². The first-order chi connectivity index (χ1) is 14.3. The highest BCUT2D eigenvalue weighted by atomic mass is 19.3. The number of hydrogen-bond donors (Lipinski definition) is 0. The first-order valence-electron chi connectivity index (χ1n) is 9.17. The predicted molar refractivity (Wildman–Crippen MR) is 109 cm³/mol. The summed E-state index contributed by atoms with van der Waals surface area (Å²) in [7, 11) is 1.31. The van der Waals surface area contributed by atoms with Crippen molar-refractivity contribution in [2.75, 3.05) is 18.6 Å². The van der Waals surface area contributed by atoms with Gasteiger partial charge in [0.05, 0.1) is 7.11 Å². The molecule has 0 bridgehead atoms. The minimum Gasteiger partial charge on any atom is -0.493 e. The number of benzene rings is 2. The first kappa shape index (κ1) is 22.9. The number of nitrogens with zero attached hydrogens (tertiary/aromatic N) is 1. The molecule has 0 radical (unpaired) electrons. The molecule has 2 aromatic rings. The van der Waals surface area contributed by atoms with Gasteiger partial charge in [-0.1, -0.05) is 30.3 Å². The Balaban J connectivity index is 2.05. The van der Waals surface area contributed by atoms with Gasteiger partial charge in [-0.15, -0.1) is 0 Å². The van der Waals surface area contributed by atoms with Crippen LogP contribution >= 0.6 is 0 Å². The molecule has 0 spiro atoms. The normalized spacial score (nSPS) is 11.0. The number of anilines is 1. The lowest BCUT2D eigenvalue weighted by molar-refractivity contribution is -0.143. The van der Waals surface area contributed by atoms with Gasteiger partial charge >= 0.3 is 12.6 Å². The molecule has 2 rings (SSSR count). The molecule has 0 heterocycles. The molecule has 0 saturated carbocycles. The Hall–Kier alpha value is -3.42. The molecule has 6 nitrogen and oxygen atoms in total. The van der Waals surface area contributed by atoms with Crippen molar-refractivity contribution in [2.45, 2.75) is 26.5 Å². The van der Waals surface area contributed by atoms with Crippen molar-refractivity contribution in [2.24, 2.45) is 0 Å². The van der Waals surface area contributed by atoms with Crippen molar-refractivity contribution in [3.8, 4) is 11.5 Å². The second-order valence-corrected chi connectivity index (χ2v) is 6.39. The summed E-state index contributed by atoms with van der Waals surface area (Å²) in [6.07, 6.45) is 2.28. The fourth-order valence-corrected chi connectivity index (χ4v) is 2.77. The van der Waals surface area contributed by atoms with Gasteiger partial charge in [-0.25, -0.2) is 4.79 Å². The lowest BCUT2D eigenvalue weighted by atomic mass is 10.1. The number of carbonyl (C=O) groups excluding carboxylic acids is 2. The lowest BCUT2D eigenvalue weighted by Crippen LogP contribution is -2.39. The van der Waals surface area contributed by atoms with Crippen LogP contribution in [0.4, 0.5) is 14.5 Å². The molecule has 0 unspecified atom stereocenters. The zero-order valence-electron chi connectivity index (χ0n) is 16.9. The number of esters is 1. The first-order valence-corrected chi connectivity index (χ1v) is 9.17. The Morgan fingerprint density at radius 1 is 1.07 bits per heavy atom. The molecule has 0 aliphatic carbocycles. The third-order valence-corrected chi connectivity index (χ3v) is 3.99. The summed E-state index contributed by atoms with van der Waals surface area (Å²) in [4.78, 5) is 26.1. The number of ether oxygens (including phenoxy) is 3. The van der Waals surface area contributed by atoms with Gasteiger partial charge in [0.15, 0.2) is 18.1 Å².